The molecule has 0 heterocycles. The van der Waals surface area contributed by atoms with Crippen molar-refractivity contribution in [3.63, 3.8) is 0 Å². The lowest BCUT2D eigenvalue weighted by Crippen LogP contribution is -2.35. The number of fused-ring (bicyclic) bond motifs is 5. The molecule has 22 heavy (non-hydrogen) atoms. The van der Waals surface area contributed by atoms with Crippen LogP contribution in [0.1, 0.15) is 80.4 Å². The fourth-order valence-corrected chi connectivity index (χ4v) is 6.41. The van der Waals surface area contributed by atoms with Gasteiger partial charge in [-0.2, -0.15) is 0 Å². The van der Waals surface area contributed by atoms with Crippen LogP contribution in [0.2, 0.25) is 0 Å². The normalized spacial score (nSPS) is 36.9. The van der Waals surface area contributed by atoms with Crippen LogP contribution in [0.25, 0.3) is 0 Å². The molecule has 0 aromatic heterocycles. The summed E-state index contributed by atoms with van der Waals surface area (Å²) in [6.45, 7) is 0. The van der Waals surface area contributed by atoms with Gasteiger partial charge in [0.05, 0.1) is 0 Å². The smallest absolute Gasteiger partial charge is 0.00244 e. The highest BCUT2D eigenvalue weighted by atomic mass is 14.5. The molecule has 4 aliphatic carbocycles. The maximum Gasteiger partial charge on any atom is 0.00244 e. The third kappa shape index (κ3) is 1.82. The zero-order chi connectivity index (χ0) is 14.6. The van der Waals surface area contributed by atoms with Gasteiger partial charge in [0.15, 0.2) is 0 Å². The van der Waals surface area contributed by atoms with Crippen LogP contribution in [0.4, 0.5) is 0 Å². The van der Waals surface area contributed by atoms with Crippen molar-refractivity contribution in [2.24, 2.45) is 11.8 Å². The maximum absolute atomic E-state index is 2.57. The van der Waals surface area contributed by atoms with E-state index < -0.39 is 0 Å². The van der Waals surface area contributed by atoms with Crippen molar-refractivity contribution in [3.8, 4) is 0 Å². The first-order chi connectivity index (χ1) is 10.9. The molecule has 0 aliphatic heterocycles. The van der Waals surface area contributed by atoms with Crippen LogP contribution in [0.5, 0.6) is 0 Å². The van der Waals surface area contributed by atoms with Crippen LogP contribution in [0, 0.1) is 11.8 Å². The van der Waals surface area contributed by atoms with Gasteiger partial charge in [0, 0.05) is 5.41 Å². The van der Waals surface area contributed by atoms with Crippen molar-refractivity contribution in [2.75, 3.05) is 0 Å². The van der Waals surface area contributed by atoms with Crippen molar-refractivity contribution in [2.45, 2.75) is 75.5 Å². The Bertz CT molecular complexity index is 604. The van der Waals surface area contributed by atoms with Crippen molar-refractivity contribution in [1.29, 1.82) is 0 Å². The van der Waals surface area contributed by atoms with Crippen LogP contribution in [-0.4, -0.2) is 0 Å². The lowest BCUT2D eigenvalue weighted by Gasteiger charge is -2.42. The predicted octanol–water partition coefficient (Wildman–Crippen LogP) is 5.90. The SMILES string of the molecule is C1=CC2CC1CC21CCCc2c(C3CCCCC3)cccc21. The highest BCUT2D eigenvalue weighted by molar-refractivity contribution is 5.47. The Kier molecular flexibility index (Phi) is 3.03. The predicted molar refractivity (Wildman–Crippen MR) is 92.2 cm³/mol. The number of allylic oxidation sites excluding steroid dienone is 2. The van der Waals surface area contributed by atoms with Crippen molar-refractivity contribution in [3.05, 3.63) is 47.0 Å². The summed E-state index contributed by atoms with van der Waals surface area (Å²) in [6, 6.07) is 7.39. The first kappa shape index (κ1) is 13.4. The van der Waals surface area contributed by atoms with E-state index in [1.807, 2.05) is 0 Å². The zero-order valence-corrected chi connectivity index (χ0v) is 13.7. The van der Waals surface area contributed by atoms with Crippen LogP contribution in [-0.2, 0) is 11.8 Å². The Balaban J connectivity index is 1.60. The Morgan fingerprint density at radius 2 is 1.86 bits per heavy atom. The van der Waals surface area contributed by atoms with Crippen LogP contribution in [0.3, 0.4) is 0 Å². The molecule has 0 radical (unpaired) electrons. The molecule has 0 heteroatoms. The average Bonchev–Trinajstić information content (AvgIpc) is 3.17. The lowest BCUT2D eigenvalue weighted by atomic mass is 9.61. The highest BCUT2D eigenvalue weighted by Gasteiger charge is 2.51. The summed E-state index contributed by atoms with van der Waals surface area (Å²) in [5.41, 5.74) is 5.85. The van der Waals surface area contributed by atoms with Gasteiger partial charge in [-0.25, -0.2) is 0 Å². The fraction of sp³-hybridized carbons (Fsp3) is 0.636. The van der Waals surface area contributed by atoms with Gasteiger partial charge in [0.1, 0.15) is 0 Å². The minimum atomic E-state index is 0.525. The molecule has 5 rings (SSSR count). The Morgan fingerprint density at radius 1 is 0.955 bits per heavy atom. The fourth-order valence-electron chi connectivity index (χ4n) is 6.41. The summed E-state index contributed by atoms with van der Waals surface area (Å²) >= 11 is 0. The molecule has 1 aromatic rings. The molecule has 2 fully saturated rings. The lowest BCUT2D eigenvalue weighted by molar-refractivity contribution is 0.301. The zero-order valence-electron chi connectivity index (χ0n) is 13.7. The third-order valence-corrected chi connectivity index (χ3v) is 7.35. The van der Waals surface area contributed by atoms with Gasteiger partial charge in [0.2, 0.25) is 0 Å². The van der Waals surface area contributed by atoms with E-state index in [-0.39, 0.29) is 0 Å². The average molecular weight is 292 g/mol. The second-order valence-electron chi connectivity index (χ2n) is 8.41. The molecule has 0 saturated heterocycles. The number of hydrogen-bond donors (Lipinski definition) is 0. The number of benzene rings is 1. The standard InChI is InChI=1S/C22H28/c1-2-6-17(7-3-1)19-8-4-10-21-20(19)9-5-13-22(21)15-16-11-12-18(22)14-16/h4,8,10-12,16-18H,1-3,5-7,9,13-15H2. The molecule has 0 amide bonds. The minimum absolute atomic E-state index is 0.525. The molecular weight excluding hydrogens is 264 g/mol. The van der Waals surface area contributed by atoms with Crippen LogP contribution in [0.15, 0.2) is 30.4 Å². The van der Waals surface area contributed by atoms with Crippen molar-refractivity contribution >= 4 is 0 Å². The van der Waals surface area contributed by atoms with E-state index >= 15 is 0 Å². The summed E-state index contributed by atoms with van der Waals surface area (Å²) in [4.78, 5) is 0. The van der Waals surface area contributed by atoms with Gasteiger partial charge < -0.3 is 0 Å². The van der Waals surface area contributed by atoms with Gasteiger partial charge >= 0.3 is 0 Å². The molecule has 3 unspecified atom stereocenters. The summed E-state index contributed by atoms with van der Waals surface area (Å²) in [5.74, 6) is 2.60. The third-order valence-electron chi connectivity index (χ3n) is 7.35. The summed E-state index contributed by atoms with van der Waals surface area (Å²) < 4.78 is 0. The number of hydrogen-bond acceptors (Lipinski definition) is 0. The first-order valence-corrected chi connectivity index (χ1v) is 9.67. The van der Waals surface area contributed by atoms with Crippen molar-refractivity contribution < 1.29 is 0 Å². The monoisotopic (exact) mass is 292 g/mol. The van der Waals surface area contributed by atoms with E-state index in [4.69, 9.17) is 0 Å². The van der Waals surface area contributed by atoms with E-state index in [1.54, 1.807) is 16.7 Å². The molecular formula is C22H28. The second kappa shape index (κ2) is 4.98. The van der Waals surface area contributed by atoms with Crippen molar-refractivity contribution in [1.82, 2.24) is 0 Å². The first-order valence-electron chi connectivity index (χ1n) is 9.67. The van der Waals surface area contributed by atoms with Gasteiger partial charge in [-0.05, 0) is 79.4 Å². The second-order valence-corrected chi connectivity index (χ2v) is 8.41. The molecule has 1 aromatic carbocycles. The molecule has 2 saturated carbocycles. The van der Waals surface area contributed by atoms with E-state index in [0.29, 0.717) is 5.41 Å². The molecule has 2 bridgehead atoms. The summed E-state index contributed by atoms with van der Waals surface area (Å²) in [6.07, 6.45) is 19.4. The molecule has 0 N–H and O–H groups in total. The maximum atomic E-state index is 2.57. The Labute approximate surface area is 135 Å². The molecule has 1 spiro atoms. The molecule has 0 nitrogen and oxygen atoms in total. The minimum Gasteiger partial charge on any atom is -0.0851 e. The quantitative estimate of drug-likeness (QED) is 0.565. The summed E-state index contributed by atoms with van der Waals surface area (Å²) in [5, 5.41) is 0. The Morgan fingerprint density at radius 3 is 2.64 bits per heavy atom. The van der Waals surface area contributed by atoms with Gasteiger partial charge in [-0.3, -0.25) is 0 Å². The summed E-state index contributed by atoms with van der Waals surface area (Å²) in [7, 11) is 0. The topological polar surface area (TPSA) is 0 Å². The molecule has 4 aliphatic rings. The van der Waals surface area contributed by atoms with E-state index in [0.717, 1.165) is 17.8 Å². The largest absolute Gasteiger partial charge is 0.0851 e. The van der Waals surface area contributed by atoms with Crippen LogP contribution < -0.4 is 0 Å². The Hall–Kier alpha value is -1.04. The van der Waals surface area contributed by atoms with Gasteiger partial charge in [0.25, 0.3) is 0 Å². The van der Waals surface area contributed by atoms with Gasteiger partial charge in [-0.15, -0.1) is 0 Å². The van der Waals surface area contributed by atoms with E-state index in [1.165, 1.54) is 64.2 Å². The van der Waals surface area contributed by atoms with E-state index in [2.05, 4.69) is 30.4 Å². The van der Waals surface area contributed by atoms with Gasteiger partial charge in [-0.1, -0.05) is 49.6 Å². The number of rotatable bonds is 1. The van der Waals surface area contributed by atoms with E-state index in [9.17, 15) is 0 Å². The molecule has 3 atom stereocenters. The highest BCUT2D eigenvalue weighted by Crippen LogP contribution is 2.58. The van der Waals surface area contributed by atoms with Crippen LogP contribution >= 0.6 is 0 Å². The molecule has 116 valence electrons.